The molecule has 0 bridgehead atoms. The summed E-state index contributed by atoms with van der Waals surface area (Å²) < 4.78 is 0. The summed E-state index contributed by atoms with van der Waals surface area (Å²) in [5.41, 5.74) is 0. The van der Waals surface area contributed by atoms with Crippen molar-refractivity contribution < 1.29 is 14.4 Å². The van der Waals surface area contributed by atoms with Crippen LogP contribution in [0.1, 0.15) is 64.7 Å². The lowest BCUT2D eigenvalue weighted by Gasteiger charge is -2.32. The molecular weight excluding hydrogens is 280 g/mol. The SMILES string of the molecule is CCCC(=O)N1CCC(NC(=O)C(=O)C2CCCCC2)CC1. The first-order chi connectivity index (χ1) is 10.6. The van der Waals surface area contributed by atoms with Gasteiger partial charge in [0, 0.05) is 31.5 Å². The molecule has 2 rings (SSSR count). The van der Waals surface area contributed by atoms with Gasteiger partial charge in [-0.15, -0.1) is 0 Å². The Bertz CT molecular complexity index is 408. The summed E-state index contributed by atoms with van der Waals surface area (Å²) in [7, 11) is 0. The van der Waals surface area contributed by atoms with Crippen LogP contribution in [0.4, 0.5) is 0 Å². The maximum Gasteiger partial charge on any atom is 0.287 e. The summed E-state index contributed by atoms with van der Waals surface area (Å²) in [5, 5.41) is 2.88. The van der Waals surface area contributed by atoms with Crippen LogP contribution in [0, 0.1) is 5.92 Å². The van der Waals surface area contributed by atoms with E-state index in [1.807, 2.05) is 11.8 Å². The Kier molecular flexibility index (Phi) is 6.40. The van der Waals surface area contributed by atoms with Gasteiger partial charge >= 0.3 is 0 Å². The number of hydrogen-bond acceptors (Lipinski definition) is 3. The molecule has 124 valence electrons. The molecule has 1 saturated heterocycles. The molecule has 5 nitrogen and oxygen atoms in total. The lowest BCUT2D eigenvalue weighted by atomic mass is 9.86. The molecule has 2 amide bonds. The van der Waals surface area contributed by atoms with Gasteiger partial charge in [0.15, 0.2) is 0 Å². The summed E-state index contributed by atoms with van der Waals surface area (Å²) in [6.45, 7) is 3.37. The number of hydrogen-bond donors (Lipinski definition) is 1. The summed E-state index contributed by atoms with van der Waals surface area (Å²) in [5.74, 6) is -0.514. The van der Waals surface area contributed by atoms with Crippen LogP contribution < -0.4 is 5.32 Å². The first-order valence-corrected chi connectivity index (χ1v) is 8.74. The molecule has 0 aromatic carbocycles. The number of carbonyl (C=O) groups is 3. The van der Waals surface area contributed by atoms with Crippen molar-refractivity contribution in [1.82, 2.24) is 10.2 Å². The minimum absolute atomic E-state index is 0.0331. The van der Waals surface area contributed by atoms with Gasteiger partial charge in [-0.3, -0.25) is 14.4 Å². The lowest BCUT2D eigenvalue weighted by molar-refractivity contribution is -0.141. The van der Waals surface area contributed by atoms with Crippen LogP contribution in [0.25, 0.3) is 0 Å². The van der Waals surface area contributed by atoms with Crippen molar-refractivity contribution in [2.24, 2.45) is 5.92 Å². The fraction of sp³-hybridized carbons (Fsp3) is 0.824. The maximum absolute atomic E-state index is 12.2. The zero-order chi connectivity index (χ0) is 15.9. The third-order valence-electron chi connectivity index (χ3n) is 4.85. The number of amides is 2. The topological polar surface area (TPSA) is 66.5 Å². The van der Waals surface area contributed by atoms with Crippen molar-refractivity contribution >= 4 is 17.6 Å². The number of rotatable bonds is 5. The second kappa shape index (κ2) is 8.30. The van der Waals surface area contributed by atoms with E-state index in [0.29, 0.717) is 19.5 Å². The molecule has 1 saturated carbocycles. The predicted molar refractivity (Wildman–Crippen MR) is 84.2 cm³/mol. The summed E-state index contributed by atoms with van der Waals surface area (Å²) >= 11 is 0. The first kappa shape index (κ1) is 17.0. The molecule has 5 heteroatoms. The van der Waals surface area contributed by atoms with Crippen molar-refractivity contribution in [2.45, 2.75) is 70.8 Å². The van der Waals surface area contributed by atoms with Gasteiger partial charge in [-0.1, -0.05) is 26.2 Å². The maximum atomic E-state index is 12.2. The molecule has 1 heterocycles. The molecule has 0 unspecified atom stereocenters. The second-order valence-electron chi connectivity index (χ2n) is 6.58. The van der Waals surface area contributed by atoms with Gasteiger partial charge in [0.25, 0.3) is 5.91 Å². The molecule has 0 atom stereocenters. The van der Waals surface area contributed by atoms with Crippen molar-refractivity contribution in [1.29, 1.82) is 0 Å². The van der Waals surface area contributed by atoms with Crippen molar-refractivity contribution in [3.05, 3.63) is 0 Å². The van der Waals surface area contributed by atoms with E-state index in [1.165, 1.54) is 6.42 Å². The average molecular weight is 308 g/mol. The molecular formula is C17H28N2O3. The Morgan fingerprint density at radius 2 is 1.64 bits per heavy atom. The Morgan fingerprint density at radius 1 is 1.00 bits per heavy atom. The molecule has 1 N–H and O–H groups in total. The van der Waals surface area contributed by atoms with E-state index >= 15 is 0 Å². The monoisotopic (exact) mass is 308 g/mol. The van der Waals surface area contributed by atoms with Crippen LogP contribution in [-0.2, 0) is 14.4 Å². The molecule has 2 fully saturated rings. The molecule has 0 aromatic rings. The molecule has 22 heavy (non-hydrogen) atoms. The van der Waals surface area contributed by atoms with Gasteiger partial charge in [0.05, 0.1) is 0 Å². The molecule has 0 aromatic heterocycles. The number of carbonyl (C=O) groups excluding carboxylic acids is 3. The summed E-state index contributed by atoms with van der Waals surface area (Å²) in [6.07, 6.45) is 7.96. The minimum Gasteiger partial charge on any atom is -0.347 e. The Morgan fingerprint density at radius 3 is 2.23 bits per heavy atom. The number of likely N-dealkylation sites (tertiary alicyclic amines) is 1. The number of nitrogens with zero attached hydrogens (tertiary/aromatic N) is 1. The largest absolute Gasteiger partial charge is 0.347 e. The quantitative estimate of drug-likeness (QED) is 0.790. The predicted octanol–water partition coefficient (Wildman–Crippen LogP) is 2.04. The van der Waals surface area contributed by atoms with Gasteiger partial charge in [0.2, 0.25) is 11.7 Å². The van der Waals surface area contributed by atoms with E-state index < -0.39 is 5.91 Å². The summed E-state index contributed by atoms with van der Waals surface area (Å²) in [4.78, 5) is 37.9. The van der Waals surface area contributed by atoms with Crippen LogP contribution in [0.15, 0.2) is 0 Å². The lowest BCUT2D eigenvalue weighted by Crippen LogP contribution is -2.48. The third-order valence-corrected chi connectivity index (χ3v) is 4.85. The van der Waals surface area contributed by atoms with E-state index in [9.17, 15) is 14.4 Å². The van der Waals surface area contributed by atoms with Gasteiger partial charge < -0.3 is 10.2 Å². The van der Waals surface area contributed by atoms with Gasteiger partial charge in [-0.2, -0.15) is 0 Å². The highest BCUT2D eigenvalue weighted by Crippen LogP contribution is 2.24. The molecule has 0 spiro atoms. The van der Waals surface area contributed by atoms with E-state index in [1.54, 1.807) is 0 Å². The van der Waals surface area contributed by atoms with Gasteiger partial charge in [0.1, 0.15) is 0 Å². The number of nitrogens with one attached hydrogen (secondary N) is 1. The van der Waals surface area contributed by atoms with E-state index in [0.717, 1.165) is 44.9 Å². The summed E-state index contributed by atoms with van der Waals surface area (Å²) in [6, 6.07) is 0.0331. The van der Waals surface area contributed by atoms with Gasteiger partial charge in [-0.05, 0) is 32.1 Å². The zero-order valence-corrected chi connectivity index (χ0v) is 13.6. The van der Waals surface area contributed by atoms with Crippen LogP contribution >= 0.6 is 0 Å². The molecule has 0 radical (unpaired) electrons. The highest BCUT2D eigenvalue weighted by atomic mass is 16.2. The second-order valence-corrected chi connectivity index (χ2v) is 6.58. The fourth-order valence-electron chi connectivity index (χ4n) is 3.45. The standard InChI is InChI=1S/C17H28N2O3/c1-2-6-15(20)19-11-9-14(10-12-19)18-17(22)16(21)13-7-4-3-5-8-13/h13-14H,2-12H2,1H3,(H,18,22). The van der Waals surface area contributed by atoms with Crippen molar-refractivity contribution in [3.63, 3.8) is 0 Å². The number of Topliss-reactive ketones (excluding diaryl/α,β-unsaturated/α-hetero) is 1. The Balaban J connectivity index is 1.74. The van der Waals surface area contributed by atoms with E-state index in [2.05, 4.69) is 5.32 Å². The van der Waals surface area contributed by atoms with Gasteiger partial charge in [-0.25, -0.2) is 0 Å². The van der Waals surface area contributed by atoms with Crippen LogP contribution in [0.2, 0.25) is 0 Å². The highest BCUT2D eigenvalue weighted by Gasteiger charge is 2.29. The average Bonchev–Trinajstić information content (AvgIpc) is 2.55. The van der Waals surface area contributed by atoms with Crippen LogP contribution in [0.5, 0.6) is 0 Å². The minimum atomic E-state index is -0.412. The van der Waals surface area contributed by atoms with Crippen molar-refractivity contribution in [2.75, 3.05) is 13.1 Å². The van der Waals surface area contributed by atoms with Crippen molar-refractivity contribution in [3.8, 4) is 0 Å². The number of piperidine rings is 1. The van der Waals surface area contributed by atoms with E-state index in [4.69, 9.17) is 0 Å². The first-order valence-electron chi connectivity index (χ1n) is 8.74. The molecule has 1 aliphatic heterocycles. The normalized spacial score (nSPS) is 20.7. The highest BCUT2D eigenvalue weighted by molar-refractivity contribution is 6.37. The molecule has 1 aliphatic carbocycles. The smallest absolute Gasteiger partial charge is 0.287 e. The Labute approximate surface area is 132 Å². The van der Waals surface area contributed by atoms with Crippen LogP contribution in [0.3, 0.4) is 0 Å². The Hall–Kier alpha value is -1.39. The van der Waals surface area contributed by atoms with E-state index in [-0.39, 0.29) is 23.7 Å². The number of ketones is 1. The third kappa shape index (κ3) is 4.55. The van der Waals surface area contributed by atoms with Crippen LogP contribution in [-0.4, -0.2) is 41.6 Å². The fourth-order valence-corrected chi connectivity index (χ4v) is 3.45. The molecule has 2 aliphatic rings. The zero-order valence-electron chi connectivity index (χ0n) is 13.6.